The molecule has 0 spiro atoms. The predicted octanol–water partition coefficient (Wildman–Crippen LogP) is 3.13. The molecule has 6 nitrogen and oxygen atoms in total. The number of benzene rings is 1. The molecule has 0 bridgehead atoms. The van der Waals surface area contributed by atoms with Gasteiger partial charge >= 0.3 is 0 Å². The maximum Gasteiger partial charge on any atom is 0.269 e. The molecule has 1 amide bonds. The molecule has 0 saturated heterocycles. The number of nitro groups is 1. The van der Waals surface area contributed by atoms with Crippen molar-refractivity contribution in [2.45, 2.75) is 13.3 Å². The molecule has 0 fully saturated rings. The van der Waals surface area contributed by atoms with Gasteiger partial charge in [-0.15, -0.1) is 0 Å². The van der Waals surface area contributed by atoms with Crippen LogP contribution in [0.25, 0.3) is 0 Å². The van der Waals surface area contributed by atoms with E-state index in [0.717, 1.165) is 5.56 Å². The Morgan fingerprint density at radius 3 is 2.67 bits per heavy atom. The van der Waals surface area contributed by atoms with E-state index in [0.29, 0.717) is 11.3 Å². The van der Waals surface area contributed by atoms with Crippen molar-refractivity contribution < 1.29 is 9.72 Å². The monoisotopic (exact) mass is 305 g/mol. The summed E-state index contributed by atoms with van der Waals surface area (Å²) in [6.45, 7) is 1.84. The van der Waals surface area contributed by atoms with Crippen LogP contribution in [0.15, 0.2) is 36.5 Å². The molecule has 0 radical (unpaired) electrons. The standard InChI is InChI=1S/C14H12ClN3O3/c1-9-6-12(14(15)16-8-9)17-13(19)7-10-2-4-11(5-3-10)18(20)21/h2-6,8H,7H2,1H3,(H,17,19). The van der Waals surface area contributed by atoms with E-state index in [2.05, 4.69) is 10.3 Å². The van der Waals surface area contributed by atoms with E-state index in [4.69, 9.17) is 11.6 Å². The average Bonchev–Trinajstić information content (AvgIpc) is 2.43. The number of aryl methyl sites for hydroxylation is 1. The molecular weight excluding hydrogens is 294 g/mol. The fraction of sp³-hybridized carbons (Fsp3) is 0.143. The average molecular weight is 306 g/mol. The molecule has 0 aliphatic rings. The number of aromatic nitrogens is 1. The van der Waals surface area contributed by atoms with Crippen LogP contribution in [-0.4, -0.2) is 15.8 Å². The molecule has 2 rings (SSSR count). The van der Waals surface area contributed by atoms with E-state index in [-0.39, 0.29) is 23.2 Å². The fourth-order valence-corrected chi connectivity index (χ4v) is 1.91. The van der Waals surface area contributed by atoms with Crippen LogP contribution in [0.4, 0.5) is 11.4 Å². The first-order valence-electron chi connectivity index (χ1n) is 6.11. The number of amides is 1. The highest BCUT2D eigenvalue weighted by Gasteiger charge is 2.10. The van der Waals surface area contributed by atoms with Gasteiger partial charge in [0, 0.05) is 18.3 Å². The topological polar surface area (TPSA) is 85.1 Å². The van der Waals surface area contributed by atoms with Crippen molar-refractivity contribution in [2.24, 2.45) is 0 Å². The zero-order valence-electron chi connectivity index (χ0n) is 11.2. The molecule has 1 N–H and O–H groups in total. The van der Waals surface area contributed by atoms with Gasteiger partial charge in [0.1, 0.15) is 0 Å². The van der Waals surface area contributed by atoms with Crippen molar-refractivity contribution in [1.29, 1.82) is 0 Å². The van der Waals surface area contributed by atoms with Gasteiger partial charge < -0.3 is 5.32 Å². The van der Waals surface area contributed by atoms with Gasteiger partial charge in [0.15, 0.2) is 5.15 Å². The van der Waals surface area contributed by atoms with E-state index in [1.807, 2.05) is 6.92 Å². The largest absolute Gasteiger partial charge is 0.323 e. The summed E-state index contributed by atoms with van der Waals surface area (Å²) in [5, 5.41) is 13.4. The van der Waals surface area contributed by atoms with Crippen LogP contribution in [0.1, 0.15) is 11.1 Å². The molecule has 1 aromatic heterocycles. The van der Waals surface area contributed by atoms with Crippen LogP contribution in [0.3, 0.4) is 0 Å². The summed E-state index contributed by atoms with van der Waals surface area (Å²) < 4.78 is 0. The Bertz CT molecular complexity index is 686. The SMILES string of the molecule is Cc1cnc(Cl)c(NC(=O)Cc2ccc([N+](=O)[O-])cc2)c1. The van der Waals surface area contributed by atoms with E-state index < -0.39 is 4.92 Å². The van der Waals surface area contributed by atoms with E-state index >= 15 is 0 Å². The lowest BCUT2D eigenvalue weighted by atomic mass is 10.1. The van der Waals surface area contributed by atoms with Crippen LogP contribution < -0.4 is 5.32 Å². The first kappa shape index (κ1) is 14.9. The van der Waals surface area contributed by atoms with Crippen molar-refractivity contribution in [2.75, 3.05) is 5.32 Å². The van der Waals surface area contributed by atoms with Crippen LogP contribution >= 0.6 is 11.6 Å². The Morgan fingerprint density at radius 1 is 1.38 bits per heavy atom. The number of hydrogen-bond donors (Lipinski definition) is 1. The van der Waals surface area contributed by atoms with Crippen molar-refractivity contribution in [3.8, 4) is 0 Å². The molecule has 0 aliphatic heterocycles. The molecular formula is C14H12ClN3O3. The smallest absolute Gasteiger partial charge is 0.269 e. The second-order valence-electron chi connectivity index (χ2n) is 4.50. The van der Waals surface area contributed by atoms with Gasteiger partial charge in [-0.3, -0.25) is 14.9 Å². The summed E-state index contributed by atoms with van der Waals surface area (Å²) in [6, 6.07) is 7.55. The molecule has 2 aromatic rings. The normalized spacial score (nSPS) is 10.2. The molecule has 0 unspecified atom stereocenters. The van der Waals surface area contributed by atoms with Gasteiger partial charge in [0.2, 0.25) is 5.91 Å². The lowest BCUT2D eigenvalue weighted by molar-refractivity contribution is -0.384. The van der Waals surface area contributed by atoms with Gasteiger partial charge in [-0.2, -0.15) is 0 Å². The molecule has 0 aliphatic carbocycles. The first-order chi connectivity index (χ1) is 9.95. The van der Waals surface area contributed by atoms with E-state index in [9.17, 15) is 14.9 Å². The second kappa shape index (κ2) is 6.32. The number of rotatable bonds is 4. The summed E-state index contributed by atoms with van der Waals surface area (Å²) in [5.41, 5.74) is 1.99. The summed E-state index contributed by atoms with van der Waals surface area (Å²) in [7, 11) is 0. The Labute approximate surface area is 125 Å². The molecule has 21 heavy (non-hydrogen) atoms. The van der Waals surface area contributed by atoms with Crippen molar-refractivity contribution >= 4 is 28.9 Å². The van der Waals surface area contributed by atoms with Crippen LogP contribution in [0.2, 0.25) is 5.15 Å². The molecule has 1 aromatic carbocycles. The Balaban J connectivity index is 2.04. The number of carbonyl (C=O) groups is 1. The Kier molecular flexibility index (Phi) is 4.49. The lowest BCUT2D eigenvalue weighted by Gasteiger charge is -2.07. The van der Waals surface area contributed by atoms with Gasteiger partial charge in [-0.25, -0.2) is 4.98 Å². The maximum atomic E-state index is 11.9. The number of nitro benzene ring substituents is 1. The number of non-ortho nitro benzene ring substituents is 1. The van der Waals surface area contributed by atoms with Crippen LogP contribution in [0, 0.1) is 17.0 Å². The summed E-state index contributed by atoms with van der Waals surface area (Å²) in [4.78, 5) is 25.9. The Morgan fingerprint density at radius 2 is 2.05 bits per heavy atom. The number of pyridine rings is 1. The van der Waals surface area contributed by atoms with Crippen LogP contribution in [0.5, 0.6) is 0 Å². The zero-order valence-corrected chi connectivity index (χ0v) is 11.9. The van der Waals surface area contributed by atoms with Crippen molar-refractivity contribution in [3.05, 3.63) is 62.9 Å². The summed E-state index contributed by atoms with van der Waals surface area (Å²) in [5.74, 6) is -0.266. The van der Waals surface area contributed by atoms with E-state index in [1.54, 1.807) is 24.4 Å². The predicted molar refractivity (Wildman–Crippen MR) is 79.4 cm³/mol. The minimum atomic E-state index is -0.484. The lowest BCUT2D eigenvalue weighted by Crippen LogP contribution is -2.15. The van der Waals surface area contributed by atoms with E-state index in [1.165, 1.54) is 12.1 Å². The second-order valence-corrected chi connectivity index (χ2v) is 4.86. The third kappa shape index (κ3) is 4.00. The van der Waals surface area contributed by atoms with Gasteiger partial charge in [0.25, 0.3) is 5.69 Å². The fourth-order valence-electron chi connectivity index (χ4n) is 1.76. The number of halogens is 1. The van der Waals surface area contributed by atoms with Gasteiger partial charge in [-0.05, 0) is 24.1 Å². The van der Waals surface area contributed by atoms with Crippen LogP contribution in [-0.2, 0) is 11.2 Å². The Hall–Kier alpha value is -2.47. The highest BCUT2D eigenvalue weighted by molar-refractivity contribution is 6.32. The minimum absolute atomic E-state index is 0.00918. The molecule has 7 heteroatoms. The third-order valence-electron chi connectivity index (χ3n) is 2.76. The highest BCUT2D eigenvalue weighted by Crippen LogP contribution is 2.20. The molecule has 0 saturated carbocycles. The number of carbonyl (C=O) groups excluding carboxylic acids is 1. The number of nitrogens with zero attached hydrogens (tertiary/aromatic N) is 2. The zero-order chi connectivity index (χ0) is 15.4. The maximum absolute atomic E-state index is 11.9. The molecule has 108 valence electrons. The van der Waals surface area contributed by atoms with Crippen molar-refractivity contribution in [1.82, 2.24) is 4.98 Å². The quantitative estimate of drug-likeness (QED) is 0.534. The minimum Gasteiger partial charge on any atom is -0.323 e. The summed E-state index contributed by atoms with van der Waals surface area (Å²) >= 11 is 5.90. The highest BCUT2D eigenvalue weighted by atomic mass is 35.5. The number of hydrogen-bond acceptors (Lipinski definition) is 4. The molecule has 1 heterocycles. The number of nitrogens with one attached hydrogen (secondary N) is 1. The van der Waals surface area contributed by atoms with Gasteiger partial charge in [-0.1, -0.05) is 23.7 Å². The van der Waals surface area contributed by atoms with Crippen molar-refractivity contribution in [3.63, 3.8) is 0 Å². The first-order valence-corrected chi connectivity index (χ1v) is 6.49. The number of anilines is 1. The third-order valence-corrected chi connectivity index (χ3v) is 3.06. The summed E-state index contributed by atoms with van der Waals surface area (Å²) in [6.07, 6.45) is 1.70. The van der Waals surface area contributed by atoms with Gasteiger partial charge in [0.05, 0.1) is 17.0 Å². The molecule has 0 atom stereocenters.